The van der Waals surface area contributed by atoms with Gasteiger partial charge in [-0.3, -0.25) is 9.59 Å². The van der Waals surface area contributed by atoms with Crippen molar-refractivity contribution in [2.45, 2.75) is 70.0 Å². The van der Waals surface area contributed by atoms with E-state index in [2.05, 4.69) is 28.4 Å². The predicted octanol–water partition coefficient (Wildman–Crippen LogP) is 4.07. The minimum absolute atomic E-state index is 0.0101. The Hall–Kier alpha value is -3.89. The lowest BCUT2D eigenvalue weighted by Gasteiger charge is -2.32. The Balaban J connectivity index is 1.57. The van der Waals surface area contributed by atoms with Crippen molar-refractivity contribution in [3.05, 3.63) is 65.2 Å². The molecule has 10 heteroatoms. The van der Waals surface area contributed by atoms with Crippen LogP contribution in [0.5, 0.6) is 11.5 Å². The Bertz CT molecular complexity index is 1340. The van der Waals surface area contributed by atoms with E-state index >= 15 is 0 Å². The SMILES string of the molecule is C=C[C@H]1NC(C)c2cc3c(c(c2/C=N\N)OCC(=O)NCCCCCCOc2cccc1c2)CC(=O)N3C1CCOCC1. The summed E-state index contributed by atoms with van der Waals surface area (Å²) in [6, 6.07) is 9.71. The molecule has 0 spiro atoms. The highest BCUT2D eigenvalue weighted by Crippen LogP contribution is 2.44. The van der Waals surface area contributed by atoms with E-state index in [1.54, 1.807) is 6.21 Å². The van der Waals surface area contributed by atoms with Gasteiger partial charge in [-0.2, -0.15) is 5.10 Å². The zero-order valence-electron chi connectivity index (χ0n) is 25.0. The second-order valence-electron chi connectivity index (χ2n) is 11.3. The van der Waals surface area contributed by atoms with Crippen molar-refractivity contribution in [1.29, 1.82) is 0 Å². The van der Waals surface area contributed by atoms with Crippen molar-refractivity contribution < 1.29 is 23.8 Å². The van der Waals surface area contributed by atoms with Gasteiger partial charge in [0.15, 0.2) is 6.61 Å². The molecule has 1 unspecified atom stereocenters. The Morgan fingerprint density at radius 2 is 1.88 bits per heavy atom. The Morgan fingerprint density at radius 1 is 1.07 bits per heavy atom. The van der Waals surface area contributed by atoms with E-state index in [-0.39, 0.29) is 43.0 Å². The van der Waals surface area contributed by atoms with Gasteiger partial charge in [-0.05, 0) is 61.9 Å². The van der Waals surface area contributed by atoms with Crippen LogP contribution in [0, 0.1) is 0 Å². The van der Waals surface area contributed by atoms with Gasteiger partial charge in [0, 0.05) is 43.0 Å². The fraction of sp³-hybridized carbons (Fsp3) is 0.485. The molecular weight excluding hydrogens is 546 g/mol. The highest BCUT2D eigenvalue weighted by atomic mass is 16.5. The molecule has 1 saturated heterocycles. The summed E-state index contributed by atoms with van der Waals surface area (Å²) in [7, 11) is 0. The molecule has 3 heterocycles. The average molecular weight is 590 g/mol. The molecule has 3 aliphatic rings. The molecule has 4 bridgehead atoms. The zero-order valence-corrected chi connectivity index (χ0v) is 25.0. The smallest absolute Gasteiger partial charge is 0.257 e. The Morgan fingerprint density at radius 3 is 2.67 bits per heavy atom. The molecule has 10 nitrogen and oxygen atoms in total. The third kappa shape index (κ3) is 7.19. The largest absolute Gasteiger partial charge is 0.494 e. The molecule has 2 atom stereocenters. The molecule has 2 aromatic rings. The molecule has 2 aromatic carbocycles. The van der Waals surface area contributed by atoms with Crippen molar-refractivity contribution in [2.75, 3.05) is 37.9 Å². The zero-order chi connectivity index (χ0) is 30.2. The molecule has 230 valence electrons. The number of nitrogens with zero attached hydrogens (tertiary/aromatic N) is 2. The van der Waals surface area contributed by atoms with E-state index in [4.69, 9.17) is 20.1 Å². The summed E-state index contributed by atoms with van der Waals surface area (Å²) in [5.41, 5.74) is 4.07. The summed E-state index contributed by atoms with van der Waals surface area (Å²) in [5, 5.41) is 10.5. The van der Waals surface area contributed by atoms with Crippen molar-refractivity contribution in [2.24, 2.45) is 10.9 Å². The molecule has 3 aliphatic heterocycles. The highest BCUT2D eigenvalue weighted by Gasteiger charge is 2.38. The molecule has 2 amide bonds. The summed E-state index contributed by atoms with van der Waals surface area (Å²) in [5.74, 6) is 6.79. The normalized spacial score (nSPS) is 22.8. The van der Waals surface area contributed by atoms with Crippen molar-refractivity contribution in [1.82, 2.24) is 10.6 Å². The van der Waals surface area contributed by atoms with Gasteiger partial charge in [0.2, 0.25) is 5.91 Å². The topological polar surface area (TPSA) is 128 Å². The molecule has 5 rings (SSSR count). The first-order valence-electron chi connectivity index (χ1n) is 15.3. The lowest BCUT2D eigenvalue weighted by atomic mass is 9.94. The van der Waals surface area contributed by atoms with Crippen LogP contribution in [0.3, 0.4) is 0 Å². The number of hydrogen-bond donors (Lipinski definition) is 3. The molecule has 1 fully saturated rings. The molecule has 43 heavy (non-hydrogen) atoms. The van der Waals surface area contributed by atoms with Crippen molar-refractivity contribution in [3.8, 4) is 11.5 Å². The molecule has 4 N–H and O–H groups in total. The first kappa shape index (κ1) is 30.6. The van der Waals surface area contributed by atoms with E-state index in [1.165, 1.54) is 0 Å². The van der Waals surface area contributed by atoms with Crippen LogP contribution in [0.1, 0.15) is 79.8 Å². The van der Waals surface area contributed by atoms with Crippen LogP contribution in [0.2, 0.25) is 0 Å². The number of carbonyl (C=O) groups is 2. The van der Waals surface area contributed by atoms with Crippen LogP contribution in [0.25, 0.3) is 0 Å². The average Bonchev–Trinajstić information content (AvgIpc) is 3.35. The number of hydrazone groups is 1. The highest BCUT2D eigenvalue weighted by molar-refractivity contribution is 6.05. The van der Waals surface area contributed by atoms with Crippen LogP contribution in [0.4, 0.5) is 5.69 Å². The summed E-state index contributed by atoms with van der Waals surface area (Å²) in [4.78, 5) is 28.2. The maximum atomic E-state index is 13.5. The molecule has 0 aromatic heterocycles. The van der Waals surface area contributed by atoms with Gasteiger partial charge in [0.05, 0.1) is 31.0 Å². The number of rotatable bonds is 3. The summed E-state index contributed by atoms with van der Waals surface area (Å²) >= 11 is 0. The van der Waals surface area contributed by atoms with Gasteiger partial charge in [-0.1, -0.05) is 31.1 Å². The fourth-order valence-electron chi connectivity index (χ4n) is 6.20. The summed E-state index contributed by atoms with van der Waals surface area (Å²) in [6.45, 7) is 8.39. The Kier molecular flexibility index (Phi) is 10.3. The number of amides is 2. The number of benzene rings is 2. The molecule has 0 saturated carbocycles. The van der Waals surface area contributed by atoms with Gasteiger partial charge in [0.25, 0.3) is 5.91 Å². The third-order valence-corrected chi connectivity index (χ3v) is 8.41. The van der Waals surface area contributed by atoms with E-state index in [0.29, 0.717) is 37.7 Å². The minimum atomic E-state index is -0.236. The van der Waals surface area contributed by atoms with Gasteiger partial charge < -0.3 is 35.6 Å². The quantitative estimate of drug-likeness (QED) is 0.213. The second-order valence-corrected chi connectivity index (χ2v) is 11.3. The number of nitrogens with two attached hydrogens (primary N) is 1. The van der Waals surface area contributed by atoms with E-state index in [9.17, 15) is 9.59 Å². The number of hydrogen-bond acceptors (Lipinski definition) is 8. The maximum Gasteiger partial charge on any atom is 0.257 e. The number of fused-ring (bicyclic) bond motifs is 6. The van der Waals surface area contributed by atoms with Crippen LogP contribution >= 0.6 is 0 Å². The maximum absolute atomic E-state index is 13.5. The van der Waals surface area contributed by atoms with Gasteiger partial charge in [0.1, 0.15) is 11.5 Å². The summed E-state index contributed by atoms with van der Waals surface area (Å²) < 4.78 is 17.9. The molecule has 0 radical (unpaired) electrons. The van der Waals surface area contributed by atoms with Gasteiger partial charge in [-0.15, -0.1) is 6.58 Å². The minimum Gasteiger partial charge on any atom is -0.494 e. The molecular formula is C33H43N5O5. The third-order valence-electron chi connectivity index (χ3n) is 8.41. The molecule has 0 aliphatic carbocycles. The van der Waals surface area contributed by atoms with Gasteiger partial charge >= 0.3 is 0 Å². The van der Waals surface area contributed by atoms with Crippen LogP contribution in [-0.2, 0) is 20.7 Å². The Labute approximate surface area is 253 Å². The number of anilines is 1. The van der Waals surface area contributed by atoms with Gasteiger partial charge in [-0.25, -0.2) is 0 Å². The van der Waals surface area contributed by atoms with Crippen molar-refractivity contribution in [3.63, 3.8) is 0 Å². The standard InChI is InChI=1S/C33H43N5O5/c1-3-29-23-9-8-10-25(17-23)42-14-7-5-4-6-13-35-31(39)21-43-33-27-19-32(40)38(24-11-15-41-16-12-24)30(27)18-26(22(2)37-29)28(33)20-36-34/h3,8-10,17-18,20,22,24,29,37H,1,4-7,11-16,19,21,34H2,2H3,(H,35,39)/b36-20-/t22?,29-/m1/s1. The lowest BCUT2D eigenvalue weighted by molar-refractivity contribution is -0.123. The second kappa shape index (κ2) is 14.5. The van der Waals surface area contributed by atoms with Crippen LogP contribution < -0.4 is 30.8 Å². The number of nitrogens with one attached hydrogen (secondary N) is 2. The van der Waals surface area contributed by atoms with E-state index < -0.39 is 0 Å². The first-order valence-corrected chi connectivity index (χ1v) is 15.3. The van der Waals surface area contributed by atoms with Crippen molar-refractivity contribution >= 4 is 23.7 Å². The van der Waals surface area contributed by atoms with Crippen LogP contribution in [0.15, 0.2) is 48.1 Å². The fourth-order valence-corrected chi connectivity index (χ4v) is 6.20. The van der Waals surface area contributed by atoms with E-state index in [0.717, 1.165) is 66.7 Å². The lowest BCUT2D eigenvalue weighted by Crippen LogP contribution is -2.41. The van der Waals surface area contributed by atoms with Crippen LogP contribution in [-0.4, -0.2) is 57.0 Å². The number of ether oxygens (including phenoxy) is 3. The monoisotopic (exact) mass is 589 g/mol. The summed E-state index contributed by atoms with van der Waals surface area (Å²) in [6.07, 6.45) is 8.93. The number of carbonyl (C=O) groups excluding carboxylic acids is 2. The first-order chi connectivity index (χ1) is 21.0. The predicted molar refractivity (Wildman–Crippen MR) is 167 cm³/mol. The van der Waals surface area contributed by atoms with E-state index in [1.807, 2.05) is 42.2 Å².